The number of rotatable bonds is 12. The Morgan fingerprint density at radius 2 is 1.88 bits per heavy atom. The minimum Gasteiger partial charge on any atom is -0.492 e. The van der Waals surface area contributed by atoms with Gasteiger partial charge in [0.15, 0.2) is 0 Å². The number of aromatic amines is 1. The normalized spacial score (nSPS) is 10.6. The molecule has 0 bridgehead atoms. The molecule has 0 aromatic carbocycles. The number of nitrogens with one attached hydrogen (secondary N) is 1. The molecule has 0 aliphatic heterocycles. The van der Waals surface area contributed by atoms with Crippen LogP contribution < -0.4 is 4.74 Å². The lowest BCUT2D eigenvalue weighted by molar-refractivity contribution is -0.132. The number of unbranched alkanes of at least 4 members (excludes halogenated alkanes) is 5. The average molecular weight is 343 g/mol. The van der Waals surface area contributed by atoms with E-state index in [2.05, 4.69) is 21.8 Å². The molecule has 0 aliphatic rings. The van der Waals surface area contributed by atoms with Crippen molar-refractivity contribution < 1.29 is 14.6 Å². The van der Waals surface area contributed by atoms with Gasteiger partial charge >= 0.3 is 5.97 Å². The fraction of sp³-hybridized carbons (Fsp3) is 0.421. The van der Waals surface area contributed by atoms with Gasteiger partial charge in [0.1, 0.15) is 5.75 Å². The maximum Gasteiger partial charge on any atom is 0.330 e. The summed E-state index contributed by atoms with van der Waals surface area (Å²) < 4.78 is 5.70. The van der Waals surface area contributed by atoms with Gasteiger partial charge in [-0.3, -0.25) is 10.1 Å². The lowest BCUT2D eigenvalue weighted by Gasteiger charge is -2.06. The summed E-state index contributed by atoms with van der Waals surface area (Å²) in [4.78, 5) is 15.0. The van der Waals surface area contributed by atoms with Crippen molar-refractivity contribution in [2.45, 2.75) is 44.9 Å². The molecule has 25 heavy (non-hydrogen) atoms. The Balaban J connectivity index is 1.50. The molecule has 0 unspecified atom stereocenters. The SMILES string of the molecule is C=C(CCCCCCCCOc1ccc(-c2ccn[nH]2)nc1)C(=O)O. The first kappa shape index (κ1) is 18.7. The van der Waals surface area contributed by atoms with Gasteiger partial charge < -0.3 is 9.84 Å². The summed E-state index contributed by atoms with van der Waals surface area (Å²) in [6.07, 6.45) is 10.3. The van der Waals surface area contributed by atoms with Crippen molar-refractivity contribution in [3.8, 4) is 17.1 Å². The molecule has 6 heteroatoms. The van der Waals surface area contributed by atoms with E-state index in [0.29, 0.717) is 18.6 Å². The topological polar surface area (TPSA) is 88.1 Å². The molecule has 134 valence electrons. The summed E-state index contributed by atoms with van der Waals surface area (Å²) in [5, 5.41) is 15.5. The van der Waals surface area contributed by atoms with E-state index in [1.165, 1.54) is 0 Å². The van der Waals surface area contributed by atoms with E-state index >= 15 is 0 Å². The largest absolute Gasteiger partial charge is 0.492 e. The molecule has 0 saturated heterocycles. The molecule has 0 atom stereocenters. The van der Waals surface area contributed by atoms with Crippen LogP contribution in [0.4, 0.5) is 0 Å². The van der Waals surface area contributed by atoms with Crippen LogP contribution in [0.5, 0.6) is 5.75 Å². The number of hydrogen-bond donors (Lipinski definition) is 2. The molecule has 0 radical (unpaired) electrons. The first-order valence-electron chi connectivity index (χ1n) is 8.66. The number of nitrogens with zero attached hydrogens (tertiary/aromatic N) is 2. The fourth-order valence-corrected chi connectivity index (χ4v) is 2.47. The number of carboxylic acids is 1. The molecule has 2 rings (SSSR count). The molecular weight excluding hydrogens is 318 g/mol. The van der Waals surface area contributed by atoms with Crippen molar-refractivity contribution in [3.05, 3.63) is 42.7 Å². The van der Waals surface area contributed by atoms with E-state index in [4.69, 9.17) is 9.84 Å². The van der Waals surface area contributed by atoms with Crippen molar-refractivity contribution in [1.82, 2.24) is 15.2 Å². The highest BCUT2D eigenvalue weighted by molar-refractivity contribution is 5.85. The third-order valence-electron chi connectivity index (χ3n) is 3.96. The van der Waals surface area contributed by atoms with Gasteiger partial charge in [0.2, 0.25) is 0 Å². The van der Waals surface area contributed by atoms with E-state index in [-0.39, 0.29) is 0 Å². The molecule has 0 saturated carbocycles. The lowest BCUT2D eigenvalue weighted by Crippen LogP contribution is -1.99. The number of aromatic nitrogens is 3. The van der Waals surface area contributed by atoms with Crippen molar-refractivity contribution in [2.75, 3.05) is 6.61 Å². The van der Waals surface area contributed by atoms with Crippen LogP contribution in [0.25, 0.3) is 11.4 Å². The summed E-state index contributed by atoms with van der Waals surface area (Å²) in [6.45, 7) is 4.22. The van der Waals surface area contributed by atoms with Crippen molar-refractivity contribution in [1.29, 1.82) is 0 Å². The molecule has 2 N–H and O–H groups in total. The van der Waals surface area contributed by atoms with Gasteiger partial charge in [-0.25, -0.2) is 4.79 Å². The highest BCUT2D eigenvalue weighted by Gasteiger charge is 2.03. The Labute approximate surface area is 147 Å². The molecule has 0 aliphatic carbocycles. The zero-order chi connectivity index (χ0) is 17.9. The first-order chi connectivity index (χ1) is 12.2. The molecule has 2 aromatic heterocycles. The van der Waals surface area contributed by atoms with Crippen LogP contribution in [-0.2, 0) is 4.79 Å². The minimum absolute atomic E-state index is 0.306. The molecule has 6 nitrogen and oxygen atoms in total. The van der Waals surface area contributed by atoms with Crippen LogP contribution in [0, 0.1) is 0 Å². The number of carbonyl (C=O) groups is 1. The van der Waals surface area contributed by atoms with E-state index in [1.54, 1.807) is 12.4 Å². The summed E-state index contributed by atoms with van der Waals surface area (Å²) in [7, 11) is 0. The monoisotopic (exact) mass is 343 g/mol. The Morgan fingerprint density at radius 3 is 2.52 bits per heavy atom. The van der Waals surface area contributed by atoms with Crippen LogP contribution in [-0.4, -0.2) is 32.9 Å². The lowest BCUT2D eigenvalue weighted by atomic mass is 10.1. The Bertz CT molecular complexity index is 651. The van der Waals surface area contributed by atoms with Crippen molar-refractivity contribution >= 4 is 5.97 Å². The highest BCUT2D eigenvalue weighted by Crippen LogP contribution is 2.17. The van der Waals surface area contributed by atoms with Crippen molar-refractivity contribution in [3.63, 3.8) is 0 Å². The molecule has 0 spiro atoms. The Hall–Kier alpha value is -2.63. The molecular formula is C19H25N3O3. The molecule has 0 fully saturated rings. The van der Waals surface area contributed by atoms with Crippen LogP contribution >= 0.6 is 0 Å². The first-order valence-corrected chi connectivity index (χ1v) is 8.66. The summed E-state index contributed by atoms with van der Waals surface area (Å²) >= 11 is 0. The number of pyridine rings is 1. The summed E-state index contributed by atoms with van der Waals surface area (Å²) in [5.41, 5.74) is 2.04. The quantitative estimate of drug-likeness (QED) is 0.445. The van der Waals surface area contributed by atoms with Gasteiger partial charge in [0, 0.05) is 11.8 Å². The number of carboxylic acid groups (broad SMARTS) is 1. The van der Waals surface area contributed by atoms with Gasteiger partial charge in [0.25, 0.3) is 0 Å². The summed E-state index contributed by atoms with van der Waals surface area (Å²) in [5.74, 6) is -0.111. The minimum atomic E-state index is -0.885. The zero-order valence-corrected chi connectivity index (χ0v) is 14.4. The highest BCUT2D eigenvalue weighted by atomic mass is 16.5. The van der Waals surface area contributed by atoms with Gasteiger partial charge in [0.05, 0.1) is 24.2 Å². The zero-order valence-electron chi connectivity index (χ0n) is 14.4. The Morgan fingerprint density at radius 1 is 1.12 bits per heavy atom. The smallest absolute Gasteiger partial charge is 0.330 e. The van der Waals surface area contributed by atoms with Crippen LogP contribution in [0.15, 0.2) is 42.7 Å². The summed E-state index contributed by atoms with van der Waals surface area (Å²) in [6, 6.07) is 5.70. The van der Waals surface area contributed by atoms with Gasteiger partial charge in [-0.2, -0.15) is 5.10 Å². The number of aliphatic carboxylic acids is 1. The van der Waals surface area contributed by atoms with E-state index in [9.17, 15) is 4.79 Å². The molecule has 2 aromatic rings. The average Bonchev–Trinajstić information content (AvgIpc) is 3.15. The van der Waals surface area contributed by atoms with Crippen LogP contribution in [0.3, 0.4) is 0 Å². The number of hydrogen-bond acceptors (Lipinski definition) is 4. The molecule has 0 amide bonds. The maximum absolute atomic E-state index is 10.6. The number of ether oxygens (including phenoxy) is 1. The second-order valence-corrected chi connectivity index (χ2v) is 5.98. The Kier molecular flexibility index (Phi) is 7.69. The van der Waals surface area contributed by atoms with Crippen molar-refractivity contribution in [2.24, 2.45) is 0 Å². The van der Waals surface area contributed by atoms with Gasteiger partial charge in [-0.15, -0.1) is 0 Å². The maximum atomic E-state index is 10.6. The second kappa shape index (κ2) is 10.3. The van der Waals surface area contributed by atoms with Gasteiger partial charge in [-0.1, -0.05) is 32.3 Å². The van der Waals surface area contributed by atoms with E-state index in [1.807, 2.05) is 18.2 Å². The second-order valence-electron chi connectivity index (χ2n) is 5.98. The van der Waals surface area contributed by atoms with Crippen LogP contribution in [0.2, 0.25) is 0 Å². The molecule has 2 heterocycles. The van der Waals surface area contributed by atoms with Gasteiger partial charge in [-0.05, 0) is 37.5 Å². The third kappa shape index (κ3) is 6.79. The predicted molar refractivity (Wildman–Crippen MR) is 96.4 cm³/mol. The fourth-order valence-electron chi connectivity index (χ4n) is 2.47. The van der Waals surface area contributed by atoms with E-state index < -0.39 is 5.97 Å². The predicted octanol–water partition coefficient (Wildman–Crippen LogP) is 4.22. The number of H-pyrrole nitrogens is 1. The van der Waals surface area contributed by atoms with Crippen LogP contribution in [0.1, 0.15) is 44.9 Å². The standard InChI is InChI=1S/C19H25N3O3/c1-15(19(23)24)8-6-4-2-3-5-7-13-25-16-9-10-17(20-14-16)18-11-12-21-22-18/h9-12,14H,1-8,13H2,(H,21,22)(H,23,24). The third-order valence-corrected chi connectivity index (χ3v) is 3.96. The van der Waals surface area contributed by atoms with E-state index in [0.717, 1.165) is 55.7 Å².